The van der Waals surface area contributed by atoms with Gasteiger partial charge in [0.2, 0.25) is 0 Å². The van der Waals surface area contributed by atoms with E-state index in [0.29, 0.717) is 18.5 Å². The molecular formula is C16H28N2O. The van der Waals surface area contributed by atoms with Crippen LogP contribution in [0.4, 0.5) is 0 Å². The Hall–Kier alpha value is -1.06. The molecule has 1 unspecified atom stereocenters. The number of aryl methyl sites for hydroxylation is 1. The predicted molar refractivity (Wildman–Crippen MR) is 81.5 cm³/mol. The summed E-state index contributed by atoms with van der Waals surface area (Å²) in [5.74, 6) is 1.51. The SMILES string of the molecule is CCc1ccc(OC)c(CN(C)C(CN)C(C)C)c1. The van der Waals surface area contributed by atoms with Crippen molar-refractivity contribution in [3.8, 4) is 5.75 Å². The maximum atomic E-state index is 5.88. The third kappa shape index (κ3) is 4.22. The minimum absolute atomic E-state index is 0.398. The third-order valence-electron chi connectivity index (χ3n) is 3.75. The van der Waals surface area contributed by atoms with Crippen molar-refractivity contribution in [2.24, 2.45) is 11.7 Å². The van der Waals surface area contributed by atoms with Crippen LogP contribution in [0.15, 0.2) is 18.2 Å². The molecule has 3 nitrogen and oxygen atoms in total. The Morgan fingerprint density at radius 3 is 2.47 bits per heavy atom. The second kappa shape index (κ2) is 7.51. The van der Waals surface area contributed by atoms with Crippen molar-refractivity contribution in [1.29, 1.82) is 0 Å². The predicted octanol–water partition coefficient (Wildman–Crippen LogP) is 2.67. The van der Waals surface area contributed by atoms with Crippen LogP contribution in [-0.4, -0.2) is 31.6 Å². The van der Waals surface area contributed by atoms with Crippen LogP contribution in [0, 0.1) is 5.92 Å². The smallest absolute Gasteiger partial charge is 0.123 e. The molecule has 2 N–H and O–H groups in total. The van der Waals surface area contributed by atoms with Crippen molar-refractivity contribution in [3.63, 3.8) is 0 Å². The molecule has 0 aliphatic heterocycles. The van der Waals surface area contributed by atoms with Crippen LogP contribution < -0.4 is 10.5 Å². The normalized spacial score (nSPS) is 13.1. The first kappa shape index (κ1) is 16.0. The monoisotopic (exact) mass is 264 g/mol. The largest absolute Gasteiger partial charge is 0.496 e. The van der Waals surface area contributed by atoms with Crippen molar-refractivity contribution < 1.29 is 4.74 Å². The molecule has 0 aliphatic carbocycles. The second-order valence-electron chi connectivity index (χ2n) is 5.46. The first-order valence-corrected chi connectivity index (χ1v) is 7.09. The molecule has 0 fully saturated rings. The molecule has 0 saturated heterocycles. The summed E-state index contributed by atoms with van der Waals surface area (Å²) >= 11 is 0. The topological polar surface area (TPSA) is 38.5 Å². The van der Waals surface area contributed by atoms with E-state index in [9.17, 15) is 0 Å². The van der Waals surface area contributed by atoms with Crippen LogP contribution in [0.1, 0.15) is 31.9 Å². The average Bonchev–Trinajstić information content (AvgIpc) is 2.38. The van der Waals surface area contributed by atoms with Gasteiger partial charge in [-0.1, -0.05) is 32.9 Å². The summed E-state index contributed by atoms with van der Waals surface area (Å²) in [4.78, 5) is 2.32. The van der Waals surface area contributed by atoms with E-state index in [2.05, 4.69) is 50.9 Å². The lowest BCUT2D eigenvalue weighted by Gasteiger charge is -2.30. The van der Waals surface area contributed by atoms with E-state index >= 15 is 0 Å². The molecule has 1 atom stereocenters. The van der Waals surface area contributed by atoms with Crippen LogP contribution in [-0.2, 0) is 13.0 Å². The molecule has 0 aromatic heterocycles. The second-order valence-corrected chi connectivity index (χ2v) is 5.46. The van der Waals surface area contributed by atoms with Crippen LogP contribution in [0.25, 0.3) is 0 Å². The number of hydrogen-bond donors (Lipinski definition) is 1. The Morgan fingerprint density at radius 1 is 1.32 bits per heavy atom. The van der Waals surface area contributed by atoms with Gasteiger partial charge >= 0.3 is 0 Å². The van der Waals surface area contributed by atoms with E-state index in [0.717, 1.165) is 18.7 Å². The van der Waals surface area contributed by atoms with Crippen molar-refractivity contribution in [2.45, 2.75) is 39.8 Å². The van der Waals surface area contributed by atoms with Crippen molar-refractivity contribution >= 4 is 0 Å². The fourth-order valence-corrected chi connectivity index (χ4v) is 2.52. The molecule has 19 heavy (non-hydrogen) atoms. The molecule has 0 spiro atoms. The lowest BCUT2D eigenvalue weighted by Crippen LogP contribution is -2.41. The van der Waals surface area contributed by atoms with E-state index in [4.69, 9.17) is 10.5 Å². The van der Waals surface area contributed by atoms with Crippen LogP contribution in [0.2, 0.25) is 0 Å². The lowest BCUT2D eigenvalue weighted by molar-refractivity contribution is 0.188. The first-order valence-electron chi connectivity index (χ1n) is 7.09. The first-order chi connectivity index (χ1) is 9.03. The zero-order chi connectivity index (χ0) is 14.4. The number of methoxy groups -OCH3 is 1. The van der Waals surface area contributed by atoms with Crippen molar-refractivity contribution in [3.05, 3.63) is 29.3 Å². The number of benzene rings is 1. The Labute approximate surface area is 117 Å². The van der Waals surface area contributed by atoms with Gasteiger partial charge in [0.05, 0.1) is 7.11 Å². The van der Waals surface area contributed by atoms with Crippen molar-refractivity contribution in [1.82, 2.24) is 4.90 Å². The summed E-state index contributed by atoms with van der Waals surface area (Å²) in [6.45, 7) is 8.16. The fraction of sp³-hybridized carbons (Fsp3) is 0.625. The highest BCUT2D eigenvalue weighted by atomic mass is 16.5. The molecule has 108 valence electrons. The molecular weight excluding hydrogens is 236 g/mol. The molecule has 0 saturated carbocycles. The van der Waals surface area contributed by atoms with Gasteiger partial charge in [-0.2, -0.15) is 0 Å². The molecule has 0 amide bonds. The zero-order valence-electron chi connectivity index (χ0n) is 12.9. The minimum Gasteiger partial charge on any atom is -0.496 e. The number of hydrogen-bond acceptors (Lipinski definition) is 3. The van der Waals surface area contributed by atoms with Gasteiger partial charge in [-0.3, -0.25) is 4.90 Å². The minimum atomic E-state index is 0.398. The molecule has 0 radical (unpaired) electrons. The van der Waals surface area contributed by atoms with E-state index < -0.39 is 0 Å². The molecule has 3 heteroatoms. The Morgan fingerprint density at radius 2 is 2.00 bits per heavy atom. The van der Waals surface area contributed by atoms with Gasteiger partial charge < -0.3 is 10.5 Å². The summed E-state index contributed by atoms with van der Waals surface area (Å²) in [5.41, 5.74) is 8.47. The maximum Gasteiger partial charge on any atom is 0.123 e. The highest BCUT2D eigenvalue weighted by molar-refractivity contribution is 5.37. The van der Waals surface area contributed by atoms with Gasteiger partial charge in [0.1, 0.15) is 5.75 Å². The third-order valence-corrected chi connectivity index (χ3v) is 3.75. The standard InChI is InChI=1S/C16H28N2O/c1-6-13-7-8-16(19-5)14(9-13)11-18(4)15(10-17)12(2)3/h7-9,12,15H,6,10-11,17H2,1-5H3. The van der Waals surface area contributed by atoms with Crippen molar-refractivity contribution in [2.75, 3.05) is 20.7 Å². The summed E-state index contributed by atoms with van der Waals surface area (Å²) in [7, 11) is 3.86. The summed E-state index contributed by atoms with van der Waals surface area (Å²) in [6.07, 6.45) is 1.05. The molecule has 1 aromatic carbocycles. The maximum absolute atomic E-state index is 5.88. The molecule has 0 aliphatic rings. The number of likely N-dealkylation sites (N-methyl/N-ethyl adjacent to an activating group) is 1. The number of nitrogens with zero attached hydrogens (tertiary/aromatic N) is 1. The lowest BCUT2D eigenvalue weighted by atomic mass is 10.0. The summed E-state index contributed by atoms with van der Waals surface area (Å²) < 4.78 is 5.46. The van der Waals surface area contributed by atoms with Gasteiger partial charge in [0, 0.05) is 24.7 Å². The van der Waals surface area contributed by atoms with Gasteiger partial charge in [-0.15, -0.1) is 0 Å². The van der Waals surface area contributed by atoms with E-state index in [1.807, 2.05) is 0 Å². The van der Waals surface area contributed by atoms with E-state index in [1.165, 1.54) is 11.1 Å². The van der Waals surface area contributed by atoms with Gasteiger partial charge in [-0.25, -0.2) is 0 Å². The zero-order valence-corrected chi connectivity index (χ0v) is 12.9. The summed E-state index contributed by atoms with van der Waals surface area (Å²) in [6, 6.07) is 6.83. The Kier molecular flexibility index (Phi) is 6.32. The van der Waals surface area contributed by atoms with Gasteiger partial charge in [0.25, 0.3) is 0 Å². The fourth-order valence-electron chi connectivity index (χ4n) is 2.52. The quantitative estimate of drug-likeness (QED) is 0.823. The van der Waals surface area contributed by atoms with Gasteiger partial charge in [-0.05, 0) is 31.0 Å². The van der Waals surface area contributed by atoms with Crippen LogP contribution in [0.5, 0.6) is 5.75 Å². The molecule has 1 rings (SSSR count). The molecule has 1 aromatic rings. The highest BCUT2D eigenvalue weighted by Crippen LogP contribution is 2.23. The number of ether oxygens (including phenoxy) is 1. The van der Waals surface area contributed by atoms with Crippen LogP contribution in [0.3, 0.4) is 0 Å². The van der Waals surface area contributed by atoms with Gasteiger partial charge in [0.15, 0.2) is 0 Å². The Bertz CT molecular complexity index is 390. The Balaban J connectivity index is 2.90. The number of rotatable bonds is 7. The highest BCUT2D eigenvalue weighted by Gasteiger charge is 2.18. The van der Waals surface area contributed by atoms with Crippen LogP contribution >= 0.6 is 0 Å². The molecule has 0 heterocycles. The van der Waals surface area contributed by atoms with E-state index in [-0.39, 0.29) is 0 Å². The molecule has 0 bridgehead atoms. The summed E-state index contributed by atoms with van der Waals surface area (Å²) in [5, 5.41) is 0. The number of nitrogens with two attached hydrogens (primary N) is 1. The van der Waals surface area contributed by atoms with E-state index in [1.54, 1.807) is 7.11 Å². The average molecular weight is 264 g/mol.